The summed E-state index contributed by atoms with van der Waals surface area (Å²) in [5, 5.41) is 6.54. The normalized spacial score (nSPS) is 13.8. The van der Waals surface area contributed by atoms with Crippen molar-refractivity contribution in [3.8, 4) is 5.69 Å². The Kier molecular flexibility index (Phi) is 4.79. The van der Waals surface area contributed by atoms with E-state index in [2.05, 4.69) is 15.4 Å². The summed E-state index contributed by atoms with van der Waals surface area (Å²) in [6.45, 7) is 0.425. The van der Waals surface area contributed by atoms with Crippen LogP contribution in [0.1, 0.15) is 22.3 Å². The number of halogens is 1. The van der Waals surface area contributed by atoms with Crippen molar-refractivity contribution in [3.05, 3.63) is 66.0 Å². The summed E-state index contributed by atoms with van der Waals surface area (Å²) < 4.78 is 40.9. The number of rotatable bonds is 4. The number of nitrogens with one attached hydrogen (secondary N) is 1. The van der Waals surface area contributed by atoms with Crippen molar-refractivity contribution in [2.75, 3.05) is 22.4 Å². The topological polar surface area (TPSA) is 97.2 Å². The molecule has 0 radical (unpaired) electrons. The fraction of sp³-hybridized carbons (Fsp3) is 0.211. The molecule has 1 aliphatic heterocycles. The van der Waals surface area contributed by atoms with Gasteiger partial charge in [0.05, 0.1) is 11.9 Å². The van der Waals surface area contributed by atoms with E-state index in [-0.39, 0.29) is 5.69 Å². The Balaban J connectivity index is 1.56. The highest BCUT2D eigenvalue weighted by atomic mass is 32.2. The van der Waals surface area contributed by atoms with Gasteiger partial charge in [0.25, 0.3) is 5.91 Å². The van der Waals surface area contributed by atoms with Gasteiger partial charge in [-0.1, -0.05) is 0 Å². The first-order valence-corrected chi connectivity index (χ1v) is 10.7. The molecule has 29 heavy (non-hydrogen) atoms. The molecule has 0 unspecified atom stereocenters. The molecule has 0 atom stereocenters. The molecule has 10 heteroatoms. The first kappa shape index (κ1) is 19.1. The Morgan fingerprint density at radius 2 is 1.97 bits per heavy atom. The third kappa shape index (κ3) is 3.83. The lowest BCUT2D eigenvalue weighted by atomic mass is 10.0. The second-order valence-electron chi connectivity index (χ2n) is 6.74. The molecule has 1 N–H and O–H groups in total. The third-order valence-corrected chi connectivity index (χ3v) is 5.87. The smallest absolute Gasteiger partial charge is 0.255 e. The summed E-state index contributed by atoms with van der Waals surface area (Å²) in [5.41, 5.74) is 2.28. The van der Waals surface area contributed by atoms with Gasteiger partial charge in [0.1, 0.15) is 18.3 Å². The Labute approximate surface area is 167 Å². The lowest BCUT2D eigenvalue weighted by Gasteiger charge is -2.29. The fourth-order valence-corrected chi connectivity index (χ4v) is 4.35. The van der Waals surface area contributed by atoms with E-state index in [1.165, 1.54) is 40.0 Å². The van der Waals surface area contributed by atoms with Gasteiger partial charge in [0, 0.05) is 17.8 Å². The SMILES string of the molecule is CS(=O)(=O)N1CCCc2cc(C(=O)Nc3ccc(-n4cncn4)c(F)c3)ccc21. The molecule has 2 aromatic carbocycles. The summed E-state index contributed by atoms with van der Waals surface area (Å²) in [7, 11) is -3.37. The molecule has 8 nitrogen and oxygen atoms in total. The number of nitrogens with zero attached hydrogens (tertiary/aromatic N) is 4. The maximum atomic E-state index is 14.3. The molecule has 1 aromatic heterocycles. The maximum absolute atomic E-state index is 14.3. The van der Waals surface area contributed by atoms with Crippen LogP contribution in [0.5, 0.6) is 0 Å². The number of anilines is 2. The van der Waals surface area contributed by atoms with Crippen LogP contribution in [0, 0.1) is 5.82 Å². The van der Waals surface area contributed by atoms with E-state index in [0.29, 0.717) is 36.3 Å². The molecule has 2 heterocycles. The first-order valence-electron chi connectivity index (χ1n) is 8.89. The second kappa shape index (κ2) is 7.28. The molecule has 3 aromatic rings. The number of aromatic nitrogens is 3. The van der Waals surface area contributed by atoms with Crippen LogP contribution in [0.25, 0.3) is 5.69 Å². The van der Waals surface area contributed by atoms with Gasteiger partial charge in [-0.25, -0.2) is 22.5 Å². The molecule has 0 saturated heterocycles. The van der Waals surface area contributed by atoms with Crippen molar-refractivity contribution in [3.63, 3.8) is 0 Å². The number of aryl methyl sites for hydroxylation is 1. The quantitative estimate of drug-likeness (QED) is 0.706. The highest BCUT2D eigenvalue weighted by Crippen LogP contribution is 2.30. The molecule has 1 amide bonds. The van der Waals surface area contributed by atoms with Crippen molar-refractivity contribution >= 4 is 27.3 Å². The van der Waals surface area contributed by atoms with E-state index >= 15 is 0 Å². The maximum Gasteiger partial charge on any atom is 0.255 e. The molecular formula is C19H18FN5O3S. The van der Waals surface area contributed by atoms with Crippen molar-refractivity contribution in [1.82, 2.24) is 14.8 Å². The molecule has 1 aliphatic rings. The van der Waals surface area contributed by atoms with Crippen molar-refractivity contribution in [2.45, 2.75) is 12.8 Å². The lowest BCUT2D eigenvalue weighted by molar-refractivity contribution is 0.102. The van der Waals surface area contributed by atoms with Crippen LogP contribution in [-0.4, -0.2) is 41.9 Å². The highest BCUT2D eigenvalue weighted by Gasteiger charge is 2.24. The van der Waals surface area contributed by atoms with Gasteiger partial charge < -0.3 is 5.32 Å². The van der Waals surface area contributed by atoms with E-state index in [0.717, 1.165) is 5.56 Å². The minimum absolute atomic E-state index is 0.218. The van der Waals surface area contributed by atoms with Gasteiger partial charge in [-0.15, -0.1) is 0 Å². The molecule has 0 spiro atoms. The Bertz CT molecular complexity index is 1180. The third-order valence-electron chi connectivity index (χ3n) is 4.69. The predicted molar refractivity (Wildman–Crippen MR) is 106 cm³/mol. The largest absolute Gasteiger partial charge is 0.322 e. The van der Waals surface area contributed by atoms with Crippen LogP contribution in [-0.2, 0) is 16.4 Å². The van der Waals surface area contributed by atoms with Crippen LogP contribution in [0.3, 0.4) is 0 Å². The Morgan fingerprint density at radius 1 is 1.17 bits per heavy atom. The standard InChI is InChI=1S/C19H18FN5O3S/c1-29(27,28)25-8-2-3-13-9-14(4-6-17(13)25)19(26)23-15-5-7-18(16(20)10-15)24-12-21-11-22-24/h4-7,9-12H,2-3,8H2,1H3,(H,23,26). The first-order chi connectivity index (χ1) is 13.8. The summed E-state index contributed by atoms with van der Waals surface area (Å²) >= 11 is 0. The van der Waals surface area contributed by atoms with Crippen molar-refractivity contribution < 1.29 is 17.6 Å². The number of benzene rings is 2. The Hall–Kier alpha value is -3.27. The van der Waals surface area contributed by atoms with E-state index in [1.807, 2.05) is 0 Å². The minimum Gasteiger partial charge on any atom is -0.322 e. The zero-order chi connectivity index (χ0) is 20.6. The van der Waals surface area contributed by atoms with Crippen LogP contribution >= 0.6 is 0 Å². The summed E-state index contributed by atoms with van der Waals surface area (Å²) in [6, 6.07) is 9.16. The van der Waals surface area contributed by atoms with E-state index < -0.39 is 21.7 Å². The average Bonchev–Trinajstić information content (AvgIpc) is 3.21. The van der Waals surface area contributed by atoms with Crippen LogP contribution in [0.4, 0.5) is 15.8 Å². The number of carbonyl (C=O) groups is 1. The number of hydrogen-bond donors (Lipinski definition) is 1. The monoisotopic (exact) mass is 415 g/mol. The van der Waals surface area contributed by atoms with Gasteiger partial charge in [0.15, 0.2) is 5.82 Å². The van der Waals surface area contributed by atoms with Crippen LogP contribution in [0.2, 0.25) is 0 Å². The number of fused-ring (bicyclic) bond motifs is 1. The predicted octanol–water partition coefficient (Wildman–Crippen LogP) is 2.37. The molecular weight excluding hydrogens is 397 g/mol. The van der Waals surface area contributed by atoms with Crippen LogP contribution < -0.4 is 9.62 Å². The average molecular weight is 415 g/mol. The molecule has 0 fully saturated rings. The highest BCUT2D eigenvalue weighted by molar-refractivity contribution is 7.92. The Morgan fingerprint density at radius 3 is 2.66 bits per heavy atom. The van der Waals surface area contributed by atoms with Crippen molar-refractivity contribution in [2.24, 2.45) is 0 Å². The second-order valence-corrected chi connectivity index (χ2v) is 8.65. The molecule has 0 saturated carbocycles. The molecule has 0 bridgehead atoms. The van der Waals surface area contributed by atoms with Gasteiger partial charge >= 0.3 is 0 Å². The van der Waals surface area contributed by atoms with Gasteiger partial charge in [-0.05, 0) is 54.8 Å². The van der Waals surface area contributed by atoms with E-state index in [9.17, 15) is 17.6 Å². The van der Waals surface area contributed by atoms with E-state index in [1.54, 1.807) is 24.3 Å². The number of sulfonamides is 1. The van der Waals surface area contributed by atoms with Gasteiger partial charge in [0.2, 0.25) is 10.0 Å². The van der Waals surface area contributed by atoms with Crippen molar-refractivity contribution in [1.29, 1.82) is 0 Å². The fourth-order valence-electron chi connectivity index (χ4n) is 3.35. The van der Waals surface area contributed by atoms with E-state index in [4.69, 9.17) is 0 Å². The number of carbonyl (C=O) groups excluding carboxylic acids is 1. The summed E-state index contributed by atoms with van der Waals surface area (Å²) in [5.74, 6) is -0.959. The molecule has 150 valence electrons. The van der Waals surface area contributed by atoms with Gasteiger partial charge in [-0.3, -0.25) is 9.10 Å². The molecule has 0 aliphatic carbocycles. The van der Waals surface area contributed by atoms with Crippen LogP contribution in [0.15, 0.2) is 49.1 Å². The lowest BCUT2D eigenvalue weighted by Crippen LogP contribution is -2.34. The summed E-state index contributed by atoms with van der Waals surface area (Å²) in [6.07, 6.45) is 5.21. The zero-order valence-corrected chi connectivity index (χ0v) is 16.4. The summed E-state index contributed by atoms with van der Waals surface area (Å²) in [4.78, 5) is 16.4. The van der Waals surface area contributed by atoms with Gasteiger partial charge in [-0.2, -0.15) is 5.10 Å². The number of hydrogen-bond acceptors (Lipinski definition) is 5. The zero-order valence-electron chi connectivity index (χ0n) is 15.5. The number of amides is 1. The molecule has 4 rings (SSSR count). The minimum atomic E-state index is -3.37.